The van der Waals surface area contributed by atoms with Crippen molar-refractivity contribution in [3.63, 3.8) is 0 Å². The predicted molar refractivity (Wildman–Crippen MR) is 57.4 cm³/mol. The number of rotatable bonds is 4. The lowest BCUT2D eigenvalue weighted by Gasteiger charge is -2.04. The van der Waals surface area contributed by atoms with Crippen LogP contribution in [0.3, 0.4) is 0 Å². The summed E-state index contributed by atoms with van der Waals surface area (Å²) >= 11 is 1.79. The molecule has 0 spiro atoms. The first kappa shape index (κ1) is 9.51. The van der Waals surface area contributed by atoms with Crippen molar-refractivity contribution in [3.8, 4) is 0 Å². The molecule has 0 radical (unpaired) electrons. The largest absolute Gasteiger partial charge is 0.365 e. The van der Waals surface area contributed by atoms with E-state index in [-0.39, 0.29) is 0 Å². The van der Waals surface area contributed by atoms with Crippen LogP contribution in [0.4, 0.5) is 0 Å². The Morgan fingerprint density at radius 1 is 1.57 bits per heavy atom. The highest BCUT2D eigenvalue weighted by atomic mass is 32.2. The summed E-state index contributed by atoms with van der Waals surface area (Å²) in [5.41, 5.74) is 0. The van der Waals surface area contributed by atoms with E-state index in [1.165, 1.54) is 0 Å². The fourth-order valence-electron chi connectivity index (χ4n) is 1.23. The summed E-state index contributed by atoms with van der Waals surface area (Å²) in [6, 6.07) is 0. The number of aryl methyl sites for hydroxylation is 1. The summed E-state index contributed by atoms with van der Waals surface area (Å²) in [6.07, 6.45) is 4.62. The van der Waals surface area contributed by atoms with E-state index in [0.717, 1.165) is 37.0 Å². The molecule has 0 atom stereocenters. The van der Waals surface area contributed by atoms with Gasteiger partial charge in [-0.05, 0) is 6.42 Å². The second kappa shape index (κ2) is 4.99. The van der Waals surface area contributed by atoms with Gasteiger partial charge in [-0.2, -0.15) is 0 Å². The van der Waals surface area contributed by atoms with E-state index in [2.05, 4.69) is 20.6 Å². The minimum atomic E-state index is 0.908. The number of hydrogen-bond acceptors (Lipinski definition) is 5. The highest BCUT2D eigenvalue weighted by Gasteiger charge is 2.04. The van der Waals surface area contributed by atoms with E-state index in [4.69, 9.17) is 0 Å². The second-order valence-electron chi connectivity index (χ2n) is 2.98. The van der Waals surface area contributed by atoms with Gasteiger partial charge in [0.2, 0.25) is 0 Å². The molecule has 1 aliphatic heterocycles. The number of hydrogen-bond donors (Lipinski definition) is 1. The monoisotopic (exact) mass is 211 g/mol. The Morgan fingerprint density at radius 2 is 2.57 bits per heavy atom. The summed E-state index contributed by atoms with van der Waals surface area (Å²) in [5.74, 6) is 1.12. The van der Waals surface area contributed by atoms with Gasteiger partial charge in [0.15, 0.2) is 5.17 Å². The van der Waals surface area contributed by atoms with E-state index >= 15 is 0 Å². The van der Waals surface area contributed by atoms with Crippen molar-refractivity contribution in [2.24, 2.45) is 4.99 Å². The topological polar surface area (TPSA) is 55.1 Å². The summed E-state index contributed by atoms with van der Waals surface area (Å²) in [7, 11) is 0. The van der Waals surface area contributed by atoms with Crippen LogP contribution in [0.1, 0.15) is 6.42 Å². The van der Waals surface area contributed by atoms with Gasteiger partial charge in [0.05, 0.1) is 12.7 Å². The first-order valence-corrected chi connectivity index (χ1v) is 5.69. The Balaban J connectivity index is 1.59. The summed E-state index contributed by atoms with van der Waals surface area (Å²) < 4.78 is 1.84. The molecule has 76 valence electrons. The van der Waals surface area contributed by atoms with Crippen LogP contribution in [-0.2, 0) is 6.54 Å². The fraction of sp³-hybridized carbons (Fsp3) is 0.625. The zero-order chi connectivity index (χ0) is 9.64. The van der Waals surface area contributed by atoms with Gasteiger partial charge >= 0.3 is 0 Å². The molecule has 1 aromatic rings. The van der Waals surface area contributed by atoms with Crippen LogP contribution in [-0.4, -0.2) is 39.0 Å². The van der Waals surface area contributed by atoms with Gasteiger partial charge in [0, 0.05) is 25.0 Å². The third-order valence-corrected chi connectivity index (χ3v) is 2.83. The Hall–Kier alpha value is -1.04. The molecule has 0 bridgehead atoms. The molecule has 0 aromatic carbocycles. The average Bonchev–Trinajstić information content (AvgIpc) is 2.86. The van der Waals surface area contributed by atoms with Gasteiger partial charge < -0.3 is 5.32 Å². The fourth-order valence-corrected chi connectivity index (χ4v) is 1.99. The molecule has 2 heterocycles. The zero-order valence-electron chi connectivity index (χ0n) is 7.89. The van der Waals surface area contributed by atoms with Gasteiger partial charge in [0.25, 0.3) is 0 Å². The molecule has 0 fully saturated rings. The third-order valence-electron chi connectivity index (χ3n) is 1.90. The molecule has 14 heavy (non-hydrogen) atoms. The number of aliphatic imine (C=N–C) groups is 1. The number of nitrogens with one attached hydrogen (secondary N) is 1. The Kier molecular flexibility index (Phi) is 3.39. The maximum Gasteiger partial charge on any atom is 0.156 e. The molecule has 0 saturated carbocycles. The van der Waals surface area contributed by atoms with Gasteiger partial charge in [-0.15, -0.1) is 5.10 Å². The predicted octanol–water partition coefficient (Wildman–Crippen LogP) is 0.361. The van der Waals surface area contributed by atoms with Crippen molar-refractivity contribution >= 4 is 16.9 Å². The number of aromatic nitrogens is 3. The van der Waals surface area contributed by atoms with Gasteiger partial charge in [-0.1, -0.05) is 17.0 Å². The summed E-state index contributed by atoms with van der Waals surface area (Å²) in [6.45, 7) is 2.81. The molecule has 0 amide bonds. The molecule has 0 unspecified atom stereocenters. The van der Waals surface area contributed by atoms with Crippen molar-refractivity contribution in [2.75, 3.05) is 18.8 Å². The van der Waals surface area contributed by atoms with E-state index in [0.29, 0.717) is 0 Å². The molecular weight excluding hydrogens is 198 g/mol. The second-order valence-corrected chi connectivity index (χ2v) is 4.07. The lowest BCUT2D eigenvalue weighted by atomic mass is 10.4. The minimum absolute atomic E-state index is 0.908. The minimum Gasteiger partial charge on any atom is -0.365 e. The molecule has 2 rings (SSSR count). The maximum atomic E-state index is 4.30. The number of thioether (sulfide) groups is 1. The lowest BCUT2D eigenvalue weighted by molar-refractivity contribution is 0.555. The van der Waals surface area contributed by atoms with Gasteiger partial charge in [-0.25, -0.2) is 0 Å². The first-order chi connectivity index (χ1) is 6.95. The van der Waals surface area contributed by atoms with Crippen LogP contribution in [0.2, 0.25) is 0 Å². The van der Waals surface area contributed by atoms with Crippen LogP contribution in [0.5, 0.6) is 0 Å². The van der Waals surface area contributed by atoms with E-state index < -0.39 is 0 Å². The standard InChI is InChI=1S/C8H13N5S/c1(5-13-6-3-11-12-13)2-9-8-10-4-7-14-8/h3,6H,1-2,4-5,7H2,(H,9,10). The van der Waals surface area contributed by atoms with Crippen molar-refractivity contribution in [2.45, 2.75) is 13.0 Å². The molecule has 5 nitrogen and oxygen atoms in total. The van der Waals surface area contributed by atoms with Crippen molar-refractivity contribution in [1.29, 1.82) is 0 Å². The van der Waals surface area contributed by atoms with Gasteiger partial charge in [-0.3, -0.25) is 9.67 Å². The Bertz CT molecular complexity index is 295. The maximum absolute atomic E-state index is 4.30. The van der Waals surface area contributed by atoms with Crippen molar-refractivity contribution in [1.82, 2.24) is 20.3 Å². The van der Waals surface area contributed by atoms with E-state index in [1.807, 2.05) is 10.9 Å². The van der Waals surface area contributed by atoms with Gasteiger partial charge in [0.1, 0.15) is 0 Å². The smallest absolute Gasteiger partial charge is 0.156 e. The van der Waals surface area contributed by atoms with Crippen LogP contribution in [0.15, 0.2) is 17.4 Å². The molecule has 0 saturated heterocycles. The molecule has 1 aromatic heterocycles. The SMILES string of the molecule is c1cn(CCCNC2=NCCS2)nn1. The Labute approximate surface area is 87.0 Å². The molecular formula is C8H13N5S. The number of amidine groups is 1. The summed E-state index contributed by atoms with van der Waals surface area (Å²) in [5, 5.41) is 12.0. The normalized spacial score (nSPS) is 15.6. The van der Waals surface area contributed by atoms with Crippen LogP contribution >= 0.6 is 11.8 Å². The van der Waals surface area contributed by atoms with E-state index in [9.17, 15) is 0 Å². The highest BCUT2D eigenvalue weighted by molar-refractivity contribution is 8.14. The van der Waals surface area contributed by atoms with Crippen LogP contribution in [0.25, 0.3) is 0 Å². The quantitative estimate of drug-likeness (QED) is 0.731. The third kappa shape index (κ3) is 2.73. The highest BCUT2D eigenvalue weighted by Crippen LogP contribution is 2.08. The first-order valence-electron chi connectivity index (χ1n) is 4.70. The molecule has 6 heteroatoms. The van der Waals surface area contributed by atoms with E-state index in [1.54, 1.807) is 18.0 Å². The summed E-state index contributed by atoms with van der Waals surface area (Å²) in [4.78, 5) is 4.30. The lowest BCUT2D eigenvalue weighted by Crippen LogP contribution is -2.21. The van der Waals surface area contributed by atoms with Crippen LogP contribution in [0, 0.1) is 0 Å². The molecule has 0 aliphatic carbocycles. The molecule has 1 aliphatic rings. The van der Waals surface area contributed by atoms with Crippen molar-refractivity contribution < 1.29 is 0 Å². The van der Waals surface area contributed by atoms with Crippen LogP contribution < -0.4 is 5.32 Å². The number of nitrogens with zero attached hydrogens (tertiary/aromatic N) is 4. The van der Waals surface area contributed by atoms with Crippen molar-refractivity contribution in [3.05, 3.63) is 12.4 Å². The zero-order valence-corrected chi connectivity index (χ0v) is 8.70. The molecule has 1 N–H and O–H groups in total. The Morgan fingerprint density at radius 3 is 3.29 bits per heavy atom. The average molecular weight is 211 g/mol.